The molecule has 0 N–H and O–H groups in total. The van der Waals surface area contributed by atoms with Crippen molar-refractivity contribution in [1.29, 1.82) is 0 Å². The molecule has 2 aromatic rings. The van der Waals surface area contributed by atoms with Gasteiger partial charge in [0.2, 0.25) is 12.3 Å². The highest BCUT2D eigenvalue weighted by atomic mass is 16.5. The van der Waals surface area contributed by atoms with Gasteiger partial charge in [-0.15, -0.1) is 0 Å². The second kappa shape index (κ2) is 2.94. The molecule has 0 saturated carbocycles. The Kier molecular flexibility index (Phi) is 1.77. The Morgan fingerprint density at radius 2 is 2.15 bits per heavy atom. The number of carbonyl (C=O) groups excluding carboxylic acids is 1. The first-order valence-electron chi connectivity index (χ1n) is 3.96. The molecule has 0 radical (unpaired) electrons. The predicted molar refractivity (Wildman–Crippen MR) is 50.6 cm³/mol. The number of methoxy groups -OCH3 is 1. The lowest BCUT2D eigenvalue weighted by Gasteiger charge is -1.98. The van der Waals surface area contributed by atoms with E-state index < -0.39 is 0 Å². The van der Waals surface area contributed by atoms with Crippen LogP contribution in [0.25, 0.3) is 10.9 Å². The molecule has 1 heterocycles. The van der Waals surface area contributed by atoms with E-state index in [4.69, 9.17) is 4.74 Å². The number of fused-ring (bicyclic) bond motifs is 1. The second-order valence-electron chi connectivity index (χ2n) is 2.72. The number of carbonyl (C=O) groups is 1. The van der Waals surface area contributed by atoms with Crippen molar-refractivity contribution in [3.63, 3.8) is 0 Å². The van der Waals surface area contributed by atoms with Crippen molar-refractivity contribution in [2.45, 2.75) is 0 Å². The molecule has 0 amide bonds. The fraction of sp³-hybridized carbons (Fsp3) is 0.100. The number of hydrogen-bond acceptors (Lipinski definition) is 2. The van der Waals surface area contributed by atoms with E-state index >= 15 is 0 Å². The average molecular weight is 175 g/mol. The number of hydrogen-bond donors (Lipinski definition) is 0. The van der Waals surface area contributed by atoms with E-state index in [0.717, 1.165) is 17.3 Å². The van der Waals surface area contributed by atoms with Crippen molar-refractivity contribution in [2.24, 2.45) is 0 Å². The molecule has 66 valence electrons. The maximum atomic E-state index is 10.7. The van der Waals surface area contributed by atoms with E-state index in [-0.39, 0.29) is 0 Å². The second-order valence-corrected chi connectivity index (χ2v) is 2.72. The zero-order valence-corrected chi connectivity index (χ0v) is 7.23. The third-order valence-corrected chi connectivity index (χ3v) is 2.03. The summed E-state index contributed by atoms with van der Waals surface area (Å²) in [5.74, 6) is 0.566. The first-order chi connectivity index (χ1) is 6.36. The minimum absolute atomic E-state index is 0.566. The van der Waals surface area contributed by atoms with E-state index in [0.29, 0.717) is 5.88 Å². The quantitative estimate of drug-likeness (QED) is 0.650. The van der Waals surface area contributed by atoms with Gasteiger partial charge in [-0.2, -0.15) is 0 Å². The van der Waals surface area contributed by atoms with Gasteiger partial charge in [-0.1, -0.05) is 18.2 Å². The third kappa shape index (κ3) is 1.09. The topological polar surface area (TPSA) is 31.2 Å². The minimum atomic E-state index is 0.566. The summed E-state index contributed by atoms with van der Waals surface area (Å²) in [7, 11) is 1.55. The van der Waals surface area contributed by atoms with Gasteiger partial charge in [-0.3, -0.25) is 9.36 Å². The molecule has 0 unspecified atom stereocenters. The zero-order chi connectivity index (χ0) is 9.26. The fourth-order valence-corrected chi connectivity index (χ4v) is 1.42. The Balaban J connectivity index is 2.81. The first-order valence-corrected chi connectivity index (χ1v) is 3.96. The molecule has 0 atom stereocenters. The van der Waals surface area contributed by atoms with Crippen molar-refractivity contribution < 1.29 is 9.53 Å². The maximum absolute atomic E-state index is 10.7. The van der Waals surface area contributed by atoms with Crippen LogP contribution in [0.2, 0.25) is 0 Å². The van der Waals surface area contributed by atoms with Gasteiger partial charge >= 0.3 is 0 Å². The van der Waals surface area contributed by atoms with Crippen LogP contribution >= 0.6 is 0 Å². The average Bonchev–Trinajstić information content (AvgIpc) is 2.55. The summed E-state index contributed by atoms with van der Waals surface area (Å²) in [6.07, 6.45) is 0.751. The van der Waals surface area contributed by atoms with Crippen LogP contribution in [0, 0.1) is 0 Å². The summed E-state index contributed by atoms with van der Waals surface area (Å²) in [5, 5.41) is 1.01. The maximum Gasteiger partial charge on any atom is 0.221 e. The van der Waals surface area contributed by atoms with Crippen LogP contribution in [-0.2, 0) is 4.79 Å². The Labute approximate surface area is 75.5 Å². The summed E-state index contributed by atoms with van der Waals surface area (Å²) >= 11 is 0. The molecule has 13 heavy (non-hydrogen) atoms. The summed E-state index contributed by atoms with van der Waals surface area (Å²) in [5.41, 5.74) is 0.870. The Bertz CT molecular complexity index is 445. The summed E-state index contributed by atoms with van der Waals surface area (Å²) in [4.78, 5) is 10.7. The van der Waals surface area contributed by atoms with E-state index in [1.165, 1.54) is 4.57 Å². The number of aromatic nitrogens is 1. The van der Waals surface area contributed by atoms with Crippen LogP contribution in [0.1, 0.15) is 0 Å². The molecule has 0 saturated heterocycles. The SMILES string of the molecule is COc1cc2ccccc2n1C=O. The van der Waals surface area contributed by atoms with E-state index in [2.05, 4.69) is 0 Å². The van der Waals surface area contributed by atoms with E-state index in [9.17, 15) is 4.79 Å². The zero-order valence-electron chi connectivity index (χ0n) is 7.23. The van der Waals surface area contributed by atoms with Gasteiger partial charge in [0.1, 0.15) is 0 Å². The lowest BCUT2D eigenvalue weighted by atomic mass is 10.2. The van der Waals surface area contributed by atoms with Crippen LogP contribution in [0.15, 0.2) is 30.3 Å². The smallest absolute Gasteiger partial charge is 0.221 e. The molecule has 1 aromatic carbocycles. The highest BCUT2D eigenvalue weighted by Crippen LogP contribution is 2.23. The van der Waals surface area contributed by atoms with Gasteiger partial charge < -0.3 is 4.74 Å². The van der Waals surface area contributed by atoms with E-state index in [1.807, 2.05) is 30.3 Å². The van der Waals surface area contributed by atoms with Gasteiger partial charge in [0.15, 0.2) is 0 Å². The first kappa shape index (κ1) is 7.86. The van der Waals surface area contributed by atoms with Gasteiger partial charge in [0.05, 0.1) is 12.6 Å². The molecular formula is C10H9NO2. The van der Waals surface area contributed by atoms with Gasteiger partial charge in [0.25, 0.3) is 0 Å². The monoisotopic (exact) mass is 175 g/mol. The minimum Gasteiger partial charge on any atom is -0.482 e. The molecule has 2 rings (SSSR count). The number of para-hydroxylation sites is 1. The van der Waals surface area contributed by atoms with Crippen molar-refractivity contribution >= 4 is 17.3 Å². The van der Waals surface area contributed by atoms with Crippen LogP contribution in [-0.4, -0.2) is 18.1 Å². The highest BCUT2D eigenvalue weighted by Gasteiger charge is 2.06. The standard InChI is InChI=1S/C10H9NO2/c1-13-10-6-8-4-2-3-5-9(8)11(10)7-12/h2-7H,1H3. The predicted octanol–water partition coefficient (Wildman–Crippen LogP) is 1.69. The Hall–Kier alpha value is -1.77. The lowest BCUT2D eigenvalue weighted by molar-refractivity contribution is 0.391. The van der Waals surface area contributed by atoms with E-state index in [1.54, 1.807) is 7.11 Å². The lowest BCUT2D eigenvalue weighted by Crippen LogP contribution is -1.97. The Morgan fingerprint density at radius 3 is 2.85 bits per heavy atom. The highest BCUT2D eigenvalue weighted by molar-refractivity contribution is 5.87. The molecule has 0 fully saturated rings. The van der Waals surface area contributed by atoms with Gasteiger partial charge in [-0.05, 0) is 6.07 Å². The summed E-state index contributed by atoms with van der Waals surface area (Å²) < 4.78 is 6.53. The van der Waals surface area contributed by atoms with Crippen molar-refractivity contribution in [3.8, 4) is 5.88 Å². The van der Waals surface area contributed by atoms with Crippen LogP contribution < -0.4 is 4.74 Å². The molecule has 0 aliphatic carbocycles. The molecular weight excluding hydrogens is 166 g/mol. The number of nitrogens with zero attached hydrogens (tertiary/aromatic N) is 1. The van der Waals surface area contributed by atoms with Crippen molar-refractivity contribution in [1.82, 2.24) is 4.57 Å². The fourth-order valence-electron chi connectivity index (χ4n) is 1.42. The summed E-state index contributed by atoms with van der Waals surface area (Å²) in [6.45, 7) is 0. The van der Waals surface area contributed by atoms with Gasteiger partial charge in [0, 0.05) is 11.5 Å². The molecule has 1 aromatic heterocycles. The van der Waals surface area contributed by atoms with Gasteiger partial charge in [-0.25, -0.2) is 0 Å². The molecule has 3 heteroatoms. The van der Waals surface area contributed by atoms with Crippen molar-refractivity contribution in [3.05, 3.63) is 30.3 Å². The third-order valence-electron chi connectivity index (χ3n) is 2.03. The normalized spacial score (nSPS) is 10.2. The molecule has 3 nitrogen and oxygen atoms in total. The number of rotatable bonds is 2. The van der Waals surface area contributed by atoms with Crippen molar-refractivity contribution in [2.75, 3.05) is 7.11 Å². The number of ether oxygens (including phenoxy) is 1. The van der Waals surface area contributed by atoms with Crippen LogP contribution in [0.5, 0.6) is 5.88 Å². The summed E-state index contributed by atoms with van der Waals surface area (Å²) in [6, 6.07) is 9.48. The molecule has 0 aliphatic heterocycles. The molecule has 0 spiro atoms. The van der Waals surface area contributed by atoms with Crippen LogP contribution in [0.3, 0.4) is 0 Å². The largest absolute Gasteiger partial charge is 0.482 e. The Morgan fingerprint density at radius 1 is 1.38 bits per heavy atom. The molecule has 0 aliphatic rings. The van der Waals surface area contributed by atoms with Crippen LogP contribution in [0.4, 0.5) is 0 Å². The molecule has 0 bridgehead atoms. The number of benzene rings is 1.